The van der Waals surface area contributed by atoms with Crippen LogP contribution in [0.1, 0.15) is 26.2 Å². The molecule has 1 heterocycles. The van der Waals surface area contributed by atoms with E-state index in [1.807, 2.05) is 0 Å². The Morgan fingerprint density at radius 2 is 1.83 bits per heavy atom. The van der Waals surface area contributed by atoms with Crippen molar-refractivity contribution in [2.75, 3.05) is 31.5 Å². The summed E-state index contributed by atoms with van der Waals surface area (Å²) in [6, 6.07) is 3.58. The molecule has 0 radical (unpaired) electrons. The van der Waals surface area contributed by atoms with E-state index in [1.165, 1.54) is 0 Å². The molecule has 0 aromatic heterocycles. The number of nitrogens with zero attached hydrogens (tertiary/aromatic N) is 1. The van der Waals surface area contributed by atoms with Crippen LogP contribution >= 0.6 is 47.2 Å². The highest BCUT2D eigenvalue weighted by atomic mass is 35.5. The van der Waals surface area contributed by atoms with Crippen LogP contribution in [0.15, 0.2) is 12.1 Å². The second kappa shape index (κ2) is 10.7. The van der Waals surface area contributed by atoms with Crippen molar-refractivity contribution in [3.05, 3.63) is 27.2 Å². The normalized spacial score (nSPS) is 15.2. The quantitative estimate of drug-likeness (QED) is 0.721. The maximum Gasteiger partial charge on any atom is 0.238 e. The van der Waals surface area contributed by atoms with Crippen LogP contribution in [0.5, 0.6) is 0 Å². The van der Waals surface area contributed by atoms with Crippen LogP contribution in [0, 0.1) is 0 Å². The fraction of sp³-hybridized carbons (Fsp3) is 0.562. The van der Waals surface area contributed by atoms with E-state index in [4.69, 9.17) is 34.8 Å². The van der Waals surface area contributed by atoms with E-state index in [-0.39, 0.29) is 18.3 Å². The Morgan fingerprint density at radius 3 is 2.38 bits per heavy atom. The van der Waals surface area contributed by atoms with Gasteiger partial charge in [-0.1, -0.05) is 41.7 Å². The van der Waals surface area contributed by atoms with E-state index in [0.717, 1.165) is 38.9 Å². The maximum absolute atomic E-state index is 12.4. The molecule has 1 aliphatic rings. The monoisotopic (exact) mass is 413 g/mol. The molecule has 1 aliphatic heterocycles. The summed E-state index contributed by atoms with van der Waals surface area (Å²) in [6.45, 7) is 5.37. The van der Waals surface area contributed by atoms with Crippen LogP contribution in [0.2, 0.25) is 15.1 Å². The summed E-state index contributed by atoms with van der Waals surface area (Å²) in [5.74, 6) is -0.108. The van der Waals surface area contributed by atoms with Crippen molar-refractivity contribution in [3.63, 3.8) is 0 Å². The molecule has 0 unspecified atom stereocenters. The van der Waals surface area contributed by atoms with Gasteiger partial charge in [0.2, 0.25) is 5.91 Å². The molecule has 2 rings (SSSR count). The number of piperidine rings is 1. The van der Waals surface area contributed by atoms with Crippen LogP contribution in [-0.4, -0.2) is 43.0 Å². The number of anilines is 1. The van der Waals surface area contributed by atoms with E-state index in [1.54, 1.807) is 12.1 Å². The molecule has 8 heteroatoms. The lowest BCUT2D eigenvalue weighted by molar-refractivity contribution is -0.118. The van der Waals surface area contributed by atoms with Crippen LogP contribution < -0.4 is 10.6 Å². The van der Waals surface area contributed by atoms with E-state index in [9.17, 15) is 4.79 Å². The summed E-state index contributed by atoms with van der Waals surface area (Å²) in [4.78, 5) is 14.7. The third-order valence-electron chi connectivity index (χ3n) is 3.95. The molecular weight excluding hydrogens is 392 g/mol. The van der Waals surface area contributed by atoms with Crippen molar-refractivity contribution in [2.24, 2.45) is 0 Å². The van der Waals surface area contributed by atoms with Crippen LogP contribution in [0.3, 0.4) is 0 Å². The first-order valence-corrected chi connectivity index (χ1v) is 9.03. The molecule has 0 aliphatic carbocycles. The van der Waals surface area contributed by atoms with Crippen molar-refractivity contribution in [1.82, 2.24) is 10.2 Å². The Morgan fingerprint density at radius 1 is 1.25 bits per heavy atom. The van der Waals surface area contributed by atoms with Crippen LogP contribution in [0.25, 0.3) is 0 Å². The van der Waals surface area contributed by atoms with Crippen molar-refractivity contribution in [3.8, 4) is 0 Å². The number of benzene rings is 1. The first kappa shape index (κ1) is 21.8. The summed E-state index contributed by atoms with van der Waals surface area (Å²) >= 11 is 18.1. The fourth-order valence-electron chi connectivity index (χ4n) is 2.87. The minimum absolute atomic E-state index is 0. The third-order valence-corrected chi connectivity index (χ3v) is 4.77. The molecule has 2 N–H and O–H groups in total. The summed E-state index contributed by atoms with van der Waals surface area (Å²) in [6.07, 6.45) is 3.14. The average Bonchev–Trinajstić information content (AvgIpc) is 2.51. The largest absolute Gasteiger partial charge is 0.322 e. The molecule has 1 aromatic rings. The van der Waals surface area contributed by atoms with Gasteiger partial charge >= 0.3 is 0 Å². The summed E-state index contributed by atoms with van der Waals surface area (Å²) in [5.41, 5.74) is 0.421. The minimum Gasteiger partial charge on any atom is -0.322 e. The first-order chi connectivity index (χ1) is 11.0. The Kier molecular flexibility index (Phi) is 9.72. The fourth-order valence-corrected chi connectivity index (χ4v) is 3.79. The van der Waals surface area contributed by atoms with Gasteiger partial charge in [-0.25, -0.2) is 0 Å². The number of rotatable bonds is 6. The SMILES string of the molecule is CCCN(CC(=O)Nc1c(Cl)cc(Cl)cc1Cl)C1CCNCC1.Cl. The van der Waals surface area contributed by atoms with Crippen molar-refractivity contribution in [1.29, 1.82) is 0 Å². The molecule has 0 saturated carbocycles. The van der Waals surface area contributed by atoms with E-state index in [0.29, 0.717) is 33.3 Å². The van der Waals surface area contributed by atoms with E-state index < -0.39 is 0 Å². The lowest BCUT2D eigenvalue weighted by Crippen LogP contribution is -2.46. The highest BCUT2D eigenvalue weighted by molar-refractivity contribution is 6.42. The number of hydrogen-bond donors (Lipinski definition) is 2. The maximum atomic E-state index is 12.4. The predicted molar refractivity (Wildman–Crippen MR) is 105 cm³/mol. The predicted octanol–water partition coefficient (Wildman–Crippen LogP) is 4.47. The van der Waals surface area contributed by atoms with Crippen molar-refractivity contribution in [2.45, 2.75) is 32.2 Å². The highest BCUT2D eigenvalue weighted by Crippen LogP contribution is 2.33. The highest BCUT2D eigenvalue weighted by Gasteiger charge is 2.23. The second-order valence-electron chi connectivity index (χ2n) is 5.74. The molecule has 24 heavy (non-hydrogen) atoms. The molecule has 0 atom stereocenters. The van der Waals surface area contributed by atoms with Gasteiger partial charge < -0.3 is 10.6 Å². The van der Waals surface area contributed by atoms with Gasteiger partial charge in [0.1, 0.15) is 0 Å². The van der Waals surface area contributed by atoms with Gasteiger partial charge in [-0.3, -0.25) is 9.69 Å². The molecular formula is C16H23Cl4N3O. The third kappa shape index (κ3) is 6.25. The van der Waals surface area contributed by atoms with Gasteiger partial charge in [0.15, 0.2) is 0 Å². The number of hydrogen-bond acceptors (Lipinski definition) is 3. The number of nitrogens with one attached hydrogen (secondary N) is 2. The number of carbonyl (C=O) groups excluding carboxylic acids is 1. The van der Waals surface area contributed by atoms with Gasteiger partial charge in [0.25, 0.3) is 0 Å². The van der Waals surface area contributed by atoms with Crippen LogP contribution in [0.4, 0.5) is 5.69 Å². The lowest BCUT2D eigenvalue weighted by Gasteiger charge is -2.34. The summed E-state index contributed by atoms with van der Waals surface area (Å²) in [5, 5.41) is 7.30. The Bertz CT molecular complexity index is 527. The minimum atomic E-state index is -0.108. The molecule has 1 saturated heterocycles. The standard InChI is InChI=1S/C16H22Cl3N3O.ClH/c1-2-7-22(12-3-5-20-6-4-12)10-15(23)21-16-13(18)8-11(17)9-14(16)19;/h8-9,12,20H,2-7,10H2,1H3,(H,21,23);1H. The molecule has 1 aromatic carbocycles. The molecule has 0 bridgehead atoms. The van der Waals surface area contributed by atoms with E-state index >= 15 is 0 Å². The molecule has 0 spiro atoms. The smallest absolute Gasteiger partial charge is 0.238 e. The van der Waals surface area contributed by atoms with Crippen molar-refractivity contribution < 1.29 is 4.79 Å². The zero-order valence-electron chi connectivity index (χ0n) is 13.6. The molecule has 4 nitrogen and oxygen atoms in total. The number of halogens is 4. The first-order valence-electron chi connectivity index (χ1n) is 7.90. The molecule has 136 valence electrons. The lowest BCUT2D eigenvalue weighted by atomic mass is 10.0. The number of amides is 1. The number of carbonyl (C=O) groups is 1. The van der Waals surface area contributed by atoms with Crippen molar-refractivity contribution >= 4 is 58.8 Å². The van der Waals surface area contributed by atoms with Gasteiger partial charge in [-0.15, -0.1) is 12.4 Å². The summed E-state index contributed by atoms with van der Waals surface area (Å²) < 4.78 is 0. The van der Waals surface area contributed by atoms with Crippen LogP contribution in [-0.2, 0) is 4.79 Å². The van der Waals surface area contributed by atoms with Gasteiger partial charge in [0.05, 0.1) is 22.3 Å². The average molecular weight is 415 g/mol. The van der Waals surface area contributed by atoms with Gasteiger partial charge in [-0.2, -0.15) is 0 Å². The van der Waals surface area contributed by atoms with Gasteiger partial charge in [-0.05, 0) is 51.0 Å². The Hall–Kier alpha value is -0.230. The Labute approximate surface area is 164 Å². The van der Waals surface area contributed by atoms with Gasteiger partial charge in [0, 0.05) is 11.1 Å². The molecule has 1 amide bonds. The topological polar surface area (TPSA) is 44.4 Å². The van der Waals surface area contributed by atoms with E-state index in [2.05, 4.69) is 22.5 Å². The second-order valence-corrected chi connectivity index (χ2v) is 7.00. The summed E-state index contributed by atoms with van der Waals surface area (Å²) in [7, 11) is 0. The zero-order chi connectivity index (χ0) is 16.8. The zero-order valence-corrected chi connectivity index (χ0v) is 16.7. The Balaban J connectivity index is 0.00000288. The molecule has 1 fully saturated rings.